The number of nitrogen functional groups attached to an aromatic ring is 1. The van der Waals surface area contributed by atoms with E-state index in [0.717, 1.165) is 11.3 Å². The molecule has 0 saturated heterocycles. The highest BCUT2D eigenvalue weighted by Crippen LogP contribution is 2.13. The average molecular weight is 267 g/mol. The van der Waals surface area contributed by atoms with E-state index in [0.29, 0.717) is 17.9 Å². The van der Waals surface area contributed by atoms with E-state index in [1.165, 1.54) is 0 Å². The predicted octanol–water partition coefficient (Wildman–Crippen LogP) is 3.56. The zero-order valence-corrected chi connectivity index (χ0v) is 11.4. The molecule has 0 heterocycles. The highest BCUT2D eigenvalue weighted by Gasteiger charge is 2.01. The number of carbonyl (C=O) groups excluding carboxylic acids is 1. The van der Waals surface area contributed by atoms with Gasteiger partial charge in [0.25, 0.3) is 0 Å². The average Bonchev–Trinajstić information content (AvgIpc) is 2.47. The first-order valence-electron chi connectivity index (χ1n) is 6.50. The molecule has 3 heteroatoms. The fourth-order valence-electron chi connectivity index (χ4n) is 1.76. The third-order valence-electron chi connectivity index (χ3n) is 2.81. The maximum absolute atomic E-state index is 12.0. The number of ether oxygens (including phenoxy) is 1. The van der Waals surface area contributed by atoms with Gasteiger partial charge in [-0.05, 0) is 55.0 Å². The fraction of sp³-hybridized carbons (Fsp3) is 0.118. The molecule has 0 spiro atoms. The van der Waals surface area contributed by atoms with Crippen LogP contribution in [0.4, 0.5) is 5.69 Å². The van der Waals surface area contributed by atoms with Crippen LogP contribution in [-0.4, -0.2) is 12.4 Å². The summed E-state index contributed by atoms with van der Waals surface area (Å²) in [5, 5.41) is 0. The minimum absolute atomic E-state index is 0.0372. The molecule has 0 saturated carbocycles. The Kier molecular flexibility index (Phi) is 4.56. The van der Waals surface area contributed by atoms with Crippen molar-refractivity contribution in [3.8, 4) is 5.75 Å². The lowest BCUT2D eigenvalue weighted by Gasteiger charge is -2.02. The van der Waals surface area contributed by atoms with Gasteiger partial charge in [-0.2, -0.15) is 0 Å². The van der Waals surface area contributed by atoms with Crippen molar-refractivity contribution in [2.45, 2.75) is 6.92 Å². The first-order chi connectivity index (χ1) is 9.69. The number of carbonyl (C=O) groups is 1. The minimum Gasteiger partial charge on any atom is -0.494 e. The Hall–Kier alpha value is -2.55. The Morgan fingerprint density at radius 3 is 2.35 bits per heavy atom. The van der Waals surface area contributed by atoms with Crippen LogP contribution in [0.1, 0.15) is 22.8 Å². The Morgan fingerprint density at radius 2 is 1.75 bits per heavy atom. The molecule has 102 valence electrons. The number of rotatable bonds is 5. The molecule has 0 aromatic heterocycles. The summed E-state index contributed by atoms with van der Waals surface area (Å²) < 4.78 is 5.34. The van der Waals surface area contributed by atoms with E-state index < -0.39 is 0 Å². The Bertz CT molecular complexity index is 598. The fourth-order valence-corrected chi connectivity index (χ4v) is 1.76. The van der Waals surface area contributed by atoms with E-state index >= 15 is 0 Å². The van der Waals surface area contributed by atoms with Gasteiger partial charge in [0.15, 0.2) is 5.78 Å². The van der Waals surface area contributed by atoms with Crippen molar-refractivity contribution in [1.82, 2.24) is 0 Å². The lowest BCUT2D eigenvalue weighted by Crippen LogP contribution is -1.95. The van der Waals surface area contributed by atoms with E-state index in [1.54, 1.807) is 48.6 Å². The van der Waals surface area contributed by atoms with Crippen LogP contribution in [0.3, 0.4) is 0 Å². The van der Waals surface area contributed by atoms with Gasteiger partial charge in [0.05, 0.1) is 6.61 Å². The molecule has 3 nitrogen and oxygen atoms in total. The summed E-state index contributed by atoms with van der Waals surface area (Å²) in [5.41, 5.74) is 7.90. The van der Waals surface area contributed by atoms with Gasteiger partial charge in [-0.15, -0.1) is 0 Å². The van der Waals surface area contributed by atoms with Gasteiger partial charge in [0.1, 0.15) is 5.75 Å². The molecule has 2 aromatic rings. The van der Waals surface area contributed by atoms with Gasteiger partial charge in [0.2, 0.25) is 0 Å². The Morgan fingerprint density at radius 1 is 1.10 bits per heavy atom. The molecule has 0 atom stereocenters. The van der Waals surface area contributed by atoms with Crippen LogP contribution < -0.4 is 10.5 Å². The third-order valence-corrected chi connectivity index (χ3v) is 2.81. The van der Waals surface area contributed by atoms with Gasteiger partial charge in [0, 0.05) is 11.3 Å². The highest BCUT2D eigenvalue weighted by atomic mass is 16.5. The van der Waals surface area contributed by atoms with Gasteiger partial charge in [-0.3, -0.25) is 4.79 Å². The third kappa shape index (κ3) is 3.72. The highest BCUT2D eigenvalue weighted by molar-refractivity contribution is 6.06. The Balaban J connectivity index is 2.05. The summed E-state index contributed by atoms with van der Waals surface area (Å²) in [4.78, 5) is 12.0. The number of benzene rings is 2. The molecule has 0 unspecified atom stereocenters. The summed E-state index contributed by atoms with van der Waals surface area (Å²) >= 11 is 0. The molecule has 2 N–H and O–H groups in total. The second-order valence-corrected chi connectivity index (χ2v) is 4.32. The first-order valence-corrected chi connectivity index (χ1v) is 6.50. The lowest BCUT2D eigenvalue weighted by atomic mass is 10.1. The summed E-state index contributed by atoms with van der Waals surface area (Å²) in [6, 6.07) is 14.5. The molecule has 0 aliphatic carbocycles. The molecule has 0 fully saturated rings. The monoisotopic (exact) mass is 267 g/mol. The van der Waals surface area contributed by atoms with Crippen molar-refractivity contribution in [2.24, 2.45) is 0 Å². The van der Waals surface area contributed by atoms with Crippen molar-refractivity contribution in [2.75, 3.05) is 12.3 Å². The molecular weight excluding hydrogens is 250 g/mol. The van der Waals surface area contributed by atoms with E-state index in [-0.39, 0.29) is 5.78 Å². The number of allylic oxidation sites excluding steroid dienone is 1. The van der Waals surface area contributed by atoms with Gasteiger partial charge < -0.3 is 10.5 Å². The maximum Gasteiger partial charge on any atom is 0.185 e. The normalized spacial score (nSPS) is 10.7. The number of hydrogen-bond acceptors (Lipinski definition) is 3. The zero-order chi connectivity index (χ0) is 14.4. The number of nitrogens with two attached hydrogens (primary N) is 1. The predicted molar refractivity (Wildman–Crippen MR) is 81.8 cm³/mol. The second kappa shape index (κ2) is 6.57. The lowest BCUT2D eigenvalue weighted by molar-refractivity contribution is 0.104. The van der Waals surface area contributed by atoms with Crippen LogP contribution in [-0.2, 0) is 0 Å². The van der Waals surface area contributed by atoms with Gasteiger partial charge in [-0.25, -0.2) is 0 Å². The largest absolute Gasteiger partial charge is 0.494 e. The Labute approximate surface area is 118 Å². The van der Waals surface area contributed by atoms with Crippen LogP contribution in [0, 0.1) is 0 Å². The standard InChI is InChI=1S/C17H17NO2/c1-2-20-16-10-6-14(7-11-16)17(19)12-5-13-3-8-15(18)9-4-13/h3-12H,2,18H2,1H3. The zero-order valence-electron chi connectivity index (χ0n) is 11.4. The topological polar surface area (TPSA) is 52.3 Å². The van der Waals surface area contributed by atoms with Crippen molar-refractivity contribution >= 4 is 17.5 Å². The summed E-state index contributed by atoms with van der Waals surface area (Å²) in [6.07, 6.45) is 3.33. The smallest absolute Gasteiger partial charge is 0.185 e. The van der Waals surface area contributed by atoms with Crippen LogP contribution in [0.25, 0.3) is 6.08 Å². The number of anilines is 1. The molecule has 0 amide bonds. The van der Waals surface area contributed by atoms with E-state index in [2.05, 4.69) is 0 Å². The molecular formula is C17H17NO2. The summed E-state index contributed by atoms with van der Waals surface area (Å²) in [5.74, 6) is 0.733. The summed E-state index contributed by atoms with van der Waals surface area (Å²) in [7, 11) is 0. The quantitative estimate of drug-likeness (QED) is 0.512. The maximum atomic E-state index is 12.0. The molecule has 0 bridgehead atoms. The van der Waals surface area contributed by atoms with Crippen LogP contribution in [0.2, 0.25) is 0 Å². The molecule has 0 radical (unpaired) electrons. The van der Waals surface area contributed by atoms with Crippen LogP contribution in [0.15, 0.2) is 54.6 Å². The van der Waals surface area contributed by atoms with Gasteiger partial charge >= 0.3 is 0 Å². The van der Waals surface area contributed by atoms with Crippen molar-refractivity contribution in [3.63, 3.8) is 0 Å². The van der Waals surface area contributed by atoms with Crippen LogP contribution >= 0.6 is 0 Å². The summed E-state index contributed by atoms with van der Waals surface area (Å²) in [6.45, 7) is 2.54. The van der Waals surface area contributed by atoms with E-state index in [1.807, 2.05) is 19.1 Å². The molecule has 2 aromatic carbocycles. The molecule has 0 aliphatic heterocycles. The van der Waals surface area contributed by atoms with E-state index in [4.69, 9.17) is 10.5 Å². The van der Waals surface area contributed by atoms with Crippen molar-refractivity contribution in [1.29, 1.82) is 0 Å². The minimum atomic E-state index is -0.0372. The van der Waals surface area contributed by atoms with Crippen LogP contribution in [0.5, 0.6) is 5.75 Å². The molecule has 0 aliphatic rings. The van der Waals surface area contributed by atoms with E-state index in [9.17, 15) is 4.79 Å². The number of hydrogen-bond donors (Lipinski definition) is 1. The number of ketones is 1. The molecule has 20 heavy (non-hydrogen) atoms. The molecule has 2 rings (SSSR count). The second-order valence-electron chi connectivity index (χ2n) is 4.32. The van der Waals surface area contributed by atoms with Gasteiger partial charge in [-0.1, -0.05) is 18.2 Å². The van der Waals surface area contributed by atoms with Crippen molar-refractivity contribution in [3.05, 3.63) is 65.7 Å². The van der Waals surface area contributed by atoms with Crippen molar-refractivity contribution < 1.29 is 9.53 Å². The SMILES string of the molecule is CCOc1ccc(C(=O)C=Cc2ccc(N)cc2)cc1. The first kappa shape index (κ1) is 13.9.